The van der Waals surface area contributed by atoms with Gasteiger partial charge < -0.3 is 14.3 Å². The fourth-order valence-corrected chi connectivity index (χ4v) is 3.40. The van der Waals surface area contributed by atoms with Crippen LogP contribution in [0.1, 0.15) is 0 Å². The molecule has 0 aliphatic carbocycles. The van der Waals surface area contributed by atoms with E-state index in [0.717, 1.165) is 11.1 Å². The summed E-state index contributed by atoms with van der Waals surface area (Å²) in [5, 5.41) is 1.92. The van der Waals surface area contributed by atoms with Crippen molar-refractivity contribution in [1.82, 2.24) is 24.5 Å². The van der Waals surface area contributed by atoms with Crippen LogP contribution < -0.4 is 10.3 Å². The Morgan fingerprint density at radius 1 is 1.29 bits per heavy atom. The predicted octanol–water partition coefficient (Wildman–Crippen LogP) is 2.46. The molecule has 8 heteroatoms. The number of nitrogens with zero attached hydrogens (tertiary/aromatic N) is 4. The van der Waals surface area contributed by atoms with Crippen molar-refractivity contribution in [1.29, 1.82) is 0 Å². The molecule has 0 unspecified atom stereocenters. The van der Waals surface area contributed by atoms with Crippen LogP contribution in [0.25, 0.3) is 33.0 Å². The maximum absolute atomic E-state index is 12.4. The number of imidazole rings is 1. The molecule has 4 heterocycles. The van der Waals surface area contributed by atoms with Gasteiger partial charge in [0.25, 0.3) is 5.56 Å². The van der Waals surface area contributed by atoms with Crippen LogP contribution >= 0.6 is 11.3 Å². The molecule has 0 spiro atoms. The lowest BCUT2D eigenvalue weighted by Crippen LogP contribution is -2.09. The van der Waals surface area contributed by atoms with E-state index in [1.165, 1.54) is 11.3 Å². The number of thiophene rings is 1. The van der Waals surface area contributed by atoms with Crippen molar-refractivity contribution in [3.8, 4) is 28.7 Å². The SMILES string of the molecule is COc1ccc(-c2csc3c(=O)[nH]c(-c4nccn4C)nc23)cn1. The number of ether oxygens (including phenoxy) is 1. The van der Waals surface area contributed by atoms with E-state index < -0.39 is 0 Å². The maximum atomic E-state index is 12.4. The van der Waals surface area contributed by atoms with E-state index in [9.17, 15) is 4.79 Å². The standard InChI is InChI=1S/C16H13N5O2S/c1-21-6-5-17-15(21)14-19-12-10(8-24-13(12)16(22)20-14)9-3-4-11(23-2)18-7-9/h3-8H,1-2H3,(H,19,20,22). The molecule has 0 aliphatic rings. The first kappa shape index (κ1) is 14.6. The molecular formula is C16H13N5O2S. The molecule has 7 nitrogen and oxygen atoms in total. The molecule has 4 aromatic rings. The molecule has 4 aromatic heterocycles. The lowest BCUT2D eigenvalue weighted by Gasteiger charge is -2.04. The molecule has 120 valence electrons. The summed E-state index contributed by atoms with van der Waals surface area (Å²) in [4.78, 5) is 28.3. The highest BCUT2D eigenvalue weighted by atomic mass is 32.1. The van der Waals surface area contributed by atoms with Gasteiger partial charge in [0.2, 0.25) is 5.88 Å². The number of nitrogens with one attached hydrogen (secondary N) is 1. The summed E-state index contributed by atoms with van der Waals surface area (Å²) in [6.45, 7) is 0. The lowest BCUT2D eigenvalue weighted by molar-refractivity contribution is 0.398. The number of H-pyrrole nitrogens is 1. The summed E-state index contributed by atoms with van der Waals surface area (Å²) in [5.74, 6) is 1.60. The molecule has 0 bridgehead atoms. The van der Waals surface area contributed by atoms with Gasteiger partial charge in [0, 0.05) is 48.2 Å². The van der Waals surface area contributed by atoms with Crippen molar-refractivity contribution in [2.24, 2.45) is 7.05 Å². The topological polar surface area (TPSA) is 85.7 Å². The third-order valence-corrected chi connectivity index (χ3v) is 4.68. The third-order valence-electron chi connectivity index (χ3n) is 3.72. The Hall–Kier alpha value is -3.00. The number of hydrogen-bond donors (Lipinski definition) is 1. The molecular weight excluding hydrogens is 326 g/mol. The van der Waals surface area contributed by atoms with E-state index in [2.05, 4.69) is 19.9 Å². The summed E-state index contributed by atoms with van der Waals surface area (Å²) in [7, 11) is 3.43. The number of methoxy groups -OCH3 is 1. The number of aromatic amines is 1. The van der Waals surface area contributed by atoms with Gasteiger partial charge in [0.05, 0.1) is 12.6 Å². The fraction of sp³-hybridized carbons (Fsp3) is 0.125. The van der Waals surface area contributed by atoms with Crippen molar-refractivity contribution in [3.05, 3.63) is 46.5 Å². The van der Waals surface area contributed by atoms with Gasteiger partial charge in [-0.2, -0.15) is 0 Å². The minimum absolute atomic E-state index is 0.171. The zero-order valence-corrected chi connectivity index (χ0v) is 13.8. The van der Waals surface area contributed by atoms with Crippen LogP contribution in [0.2, 0.25) is 0 Å². The zero-order valence-electron chi connectivity index (χ0n) is 13.0. The van der Waals surface area contributed by atoms with E-state index in [4.69, 9.17) is 4.74 Å². The average molecular weight is 339 g/mol. The Morgan fingerprint density at radius 2 is 2.17 bits per heavy atom. The van der Waals surface area contributed by atoms with E-state index in [1.54, 1.807) is 31.8 Å². The van der Waals surface area contributed by atoms with Gasteiger partial charge in [0.1, 0.15) is 4.70 Å². The summed E-state index contributed by atoms with van der Waals surface area (Å²) < 4.78 is 7.48. The van der Waals surface area contributed by atoms with Gasteiger partial charge in [-0.05, 0) is 6.07 Å². The molecule has 0 atom stereocenters. The van der Waals surface area contributed by atoms with Crippen LogP contribution in [0.3, 0.4) is 0 Å². The predicted molar refractivity (Wildman–Crippen MR) is 92.2 cm³/mol. The van der Waals surface area contributed by atoms with Gasteiger partial charge >= 0.3 is 0 Å². The third kappa shape index (κ3) is 2.28. The Labute approximate surface area is 140 Å². The number of aromatic nitrogens is 5. The molecule has 24 heavy (non-hydrogen) atoms. The monoisotopic (exact) mass is 339 g/mol. The van der Waals surface area contributed by atoms with Crippen LogP contribution in [0.15, 0.2) is 40.9 Å². The van der Waals surface area contributed by atoms with E-state index in [0.29, 0.717) is 27.7 Å². The molecule has 4 rings (SSSR count). The number of pyridine rings is 1. The average Bonchev–Trinajstić information content (AvgIpc) is 3.21. The van der Waals surface area contributed by atoms with E-state index >= 15 is 0 Å². The van der Waals surface area contributed by atoms with Gasteiger partial charge in [-0.3, -0.25) is 4.79 Å². The summed E-state index contributed by atoms with van der Waals surface area (Å²) in [6, 6.07) is 3.68. The largest absolute Gasteiger partial charge is 0.481 e. The Morgan fingerprint density at radius 3 is 2.83 bits per heavy atom. The highest BCUT2D eigenvalue weighted by Crippen LogP contribution is 2.31. The van der Waals surface area contributed by atoms with Gasteiger partial charge in [0.15, 0.2) is 11.6 Å². The van der Waals surface area contributed by atoms with Gasteiger partial charge in [-0.1, -0.05) is 0 Å². The Balaban J connectivity index is 1.92. The van der Waals surface area contributed by atoms with Crippen molar-refractivity contribution in [2.75, 3.05) is 7.11 Å². The Bertz CT molecular complexity index is 1080. The lowest BCUT2D eigenvalue weighted by atomic mass is 10.1. The van der Waals surface area contributed by atoms with Crippen LogP contribution in [-0.4, -0.2) is 31.6 Å². The molecule has 0 aromatic carbocycles. The van der Waals surface area contributed by atoms with Gasteiger partial charge in [-0.25, -0.2) is 15.0 Å². The quantitative estimate of drug-likeness (QED) is 0.620. The molecule has 0 saturated carbocycles. The van der Waals surface area contributed by atoms with Crippen LogP contribution in [0.5, 0.6) is 5.88 Å². The van der Waals surface area contributed by atoms with Gasteiger partial charge in [-0.15, -0.1) is 11.3 Å². The fourth-order valence-electron chi connectivity index (χ4n) is 2.49. The number of hydrogen-bond acceptors (Lipinski definition) is 6. The normalized spacial score (nSPS) is 11.1. The molecule has 0 fully saturated rings. The van der Waals surface area contributed by atoms with Crippen molar-refractivity contribution < 1.29 is 4.74 Å². The molecule has 0 radical (unpaired) electrons. The second kappa shape index (κ2) is 5.57. The second-order valence-corrected chi connectivity index (χ2v) is 6.07. The van der Waals surface area contributed by atoms with Crippen LogP contribution in [0, 0.1) is 0 Å². The summed E-state index contributed by atoms with van der Waals surface area (Å²) >= 11 is 1.36. The highest BCUT2D eigenvalue weighted by Gasteiger charge is 2.15. The first-order valence-electron chi connectivity index (χ1n) is 7.17. The second-order valence-electron chi connectivity index (χ2n) is 5.19. The minimum Gasteiger partial charge on any atom is -0.481 e. The zero-order chi connectivity index (χ0) is 16.7. The first-order chi connectivity index (χ1) is 11.7. The smallest absolute Gasteiger partial charge is 0.269 e. The van der Waals surface area contributed by atoms with Crippen molar-refractivity contribution >= 4 is 21.6 Å². The van der Waals surface area contributed by atoms with E-state index in [-0.39, 0.29) is 5.56 Å². The number of rotatable bonds is 3. The molecule has 1 N–H and O–H groups in total. The minimum atomic E-state index is -0.171. The summed E-state index contributed by atoms with van der Waals surface area (Å²) in [5.41, 5.74) is 2.22. The van der Waals surface area contributed by atoms with Crippen LogP contribution in [0.4, 0.5) is 0 Å². The first-order valence-corrected chi connectivity index (χ1v) is 8.05. The van der Waals surface area contributed by atoms with Crippen molar-refractivity contribution in [2.45, 2.75) is 0 Å². The van der Waals surface area contributed by atoms with Crippen LogP contribution in [-0.2, 0) is 7.05 Å². The summed E-state index contributed by atoms with van der Waals surface area (Å²) in [6.07, 6.45) is 5.19. The molecule has 0 saturated heterocycles. The molecule has 0 amide bonds. The molecule has 0 aliphatic heterocycles. The van der Waals surface area contributed by atoms with Crippen molar-refractivity contribution in [3.63, 3.8) is 0 Å². The van der Waals surface area contributed by atoms with E-state index in [1.807, 2.05) is 23.1 Å². The number of fused-ring (bicyclic) bond motifs is 1. The highest BCUT2D eigenvalue weighted by molar-refractivity contribution is 7.17. The Kier molecular flexibility index (Phi) is 3.39. The number of aryl methyl sites for hydroxylation is 1. The maximum Gasteiger partial charge on any atom is 0.269 e.